The van der Waals surface area contributed by atoms with E-state index in [0.717, 1.165) is 55.1 Å². The molecule has 0 amide bonds. The fourth-order valence-electron chi connectivity index (χ4n) is 3.36. The maximum Gasteiger partial charge on any atom is 0.227 e. The number of nitrogens with one attached hydrogen (secondary N) is 1. The highest BCUT2D eigenvalue weighted by Crippen LogP contribution is 2.26. The number of rotatable bonds is 7. The Morgan fingerprint density at radius 3 is 2.44 bits per heavy atom. The fourth-order valence-corrected chi connectivity index (χ4v) is 3.36. The molecule has 1 N–H and O–H groups in total. The van der Waals surface area contributed by atoms with Crippen LogP contribution >= 0.6 is 12.4 Å². The highest BCUT2D eigenvalue weighted by Gasteiger charge is 2.14. The van der Waals surface area contributed by atoms with E-state index in [1.165, 1.54) is 12.1 Å². The Morgan fingerprint density at radius 2 is 1.78 bits per heavy atom. The second-order valence-corrected chi connectivity index (χ2v) is 6.36. The molecular formula is C20H26ClN3O3. The number of H-pyrrole nitrogens is 1. The smallest absolute Gasteiger partial charge is 0.227 e. The van der Waals surface area contributed by atoms with Gasteiger partial charge >= 0.3 is 0 Å². The molecular weight excluding hydrogens is 366 g/mol. The molecule has 1 aliphatic heterocycles. The molecule has 2 aliphatic rings. The number of halogens is 1. The Labute approximate surface area is 164 Å². The third kappa shape index (κ3) is 4.34. The topological polar surface area (TPSA) is 67.3 Å². The van der Waals surface area contributed by atoms with Crippen molar-refractivity contribution in [3.8, 4) is 17.1 Å². The molecule has 1 aromatic carbocycles. The predicted molar refractivity (Wildman–Crippen MR) is 112 cm³/mol. The lowest BCUT2D eigenvalue weighted by atomic mass is 10.1. The molecule has 0 atom stereocenters. The maximum absolute atomic E-state index is 11.9. The largest absolute Gasteiger partial charge is 0.497 e. The van der Waals surface area contributed by atoms with Crippen molar-refractivity contribution in [3.05, 3.63) is 50.8 Å². The maximum atomic E-state index is 11.9. The molecule has 0 unspecified atom stereocenters. The Morgan fingerprint density at radius 1 is 1.07 bits per heavy atom. The molecule has 3 rings (SSSR count). The van der Waals surface area contributed by atoms with Gasteiger partial charge in [-0.1, -0.05) is 13.8 Å². The van der Waals surface area contributed by atoms with Crippen LogP contribution in [0, 0.1) is 0 Å². The molecule has 1 aromatic rings. The molecule has 7 heteroatoms. The van der Waals surface area contributed by atoms with Gasteiger partial charge in [0.2, 0.25) is 10.9 Å². The molecule has 27 heavy (non-hydrogen) atoms. The summed E-state index contributed by atoms with van der Waals surface area (Å²) in [6, 6.07) is 8.62. The summed E-state index contributed by atoms with van der Waals surface area (Å²) in [4.78, 5) is 29.4. The molecule has 0 fully saturated rings. The summed E-state index contributed by atoms with van der Waals surface area (Å²) in [5.41, 5.74) is 2.31. The van der Waals surface area contributed by atoms with Gasteiger partial charge in [-0.3, -0.25) is 9.59 Å². The van der Waals surface area contributed by atoms with Gasteiger partial charge in [-0.05, 0) is 38.2 Å². The van der Waals surface area contributed by atoms with E-state index >= 15 is 0 Å². The number of hydrogen-bond donors (Lipinski definition) is 1. The molecule has 146 valence electrons. The zero-order chi connectivity index (χ0) is 18.7. The lowest BCUT2D eigenvalue weighted by Crippen LogP contribution is -2.26. The number of nitrogens with zero attached hydrogens (tertiary/aromatic N) is 2. The molecule has 6 nitrogen and oxygen atoms in total. The third-order valence-corrected chi connectivity index (χ3v) is 4.87. The van der Waals surface area contributed by atoms with E-state index in [4.69, 9.17) is 4.74 Å². The van der Waals surface area contributed by atoms with E-state index in [-0.39, 0.29) is 12.4 Å². The lowest BCUT2D eigenvalue weighted by Gasteiger charge is -2.22. The number of hydrogen-bond acceptors (Lipinski definition) is 4. The highest BCUT2D eigenvalue weighted by atomic mass is 35.5. The van der Waals surface area contributed by atoms with E-state index < -0.39 is 10.9 Å². The zero-order valence-electron chi connectivity index (χ0n) is 15.9. The van der Waals surface area contributed by atoms with Crippen molar-refractivity contribution >= 4 is 23.4 Å². The average Bonchev–Trinajstić information content (AvgIpc) is 2.65. The summed E-state index contributed by atoms with van der Waals surface area (Å²) in [5, 5.41) is 0. The molecule has 0 radical (unpaired) electrons. The van der Waals surface area contributed by atoms with Gasteiger partial charge in [0.25, 0.3) is 0 Å². The van der Waals surface area contributed by atoms with E-state index in [0.29, 0.717) is 5.69 Å². The first-order valence-corrected chi connectivity index (χ1v) is 9.04. The zero-order valence-corrected chi connectivity index (χ0v) is 16.8. The van der Waals surface area contributed by atoms with Crippen molar-refractivity contribution in [3.63, 3.8) is 0 Å². The van der Waals surface area contributed by atoms with Crippen molar-refractivity contribution in [1.29, 1.82) is 0 Å². The second-order valence-electron chi connectivity index (χ2n) is 6.36. The van der Waals surface area contributed by atoms with Gasteiger partial charge in [-0.15, -0.1) is 12.4 Å². The number of methoxy groups -OCH3 is 1. The standard InChI is InChI=1S/C20H25N3O3.ClH/c1-4-22(5-2)9-6-10-23-17-8-7-14(26-3)11-15(17)21-16-12-19(24)20(25)13-18(16)23;/h7-8,11-13,21H,4-6,9-10H2,1-3H3;1H. The van der Waals surface area contributed by atoms with Crippen molar-refractivity contribution in [2.75, 3.05) is 26.7 Å². The Hall–Kier alpha value is -2.31. The molecule has 1 aliphatic carbocycles. The molecule has 0 saturated heterocycles. The number of benzene rings is 2. The summed E-state index contributed by atoms with van der Waals surface area (Å²) in [6.45, 7) is 8.11. The minimum absolute atomic E-state index is 0. The number of ether oxygens (including phenoxy) is 1. The Balaban J connectivity index is 0.00000261. The first-order valence-electron chi connectivity index (χ1n) is 9.04. The molecule has 0 spiro atoms. The lowest BCUT2D eigenvalue weighted by molar-refractivity contribution is 0.294. The van der Waals surface area contributed by atoms with Gasteiger partial charge in [0.05, 0.1) is 29.5 Å². The quantitative estimate of drug-likeness (QED) is 0.496. The SMILES string of the molecule is CCN(CC)CCCn1c2cc(=O)c(=O)cc-2[nH]c2cc(OC)ccc21.Cl. The van der Waals surface area contributed by atoms with E-state index in [1.54, 1.807) is 7.11 Å². The van der Waals surface area contributed by atoms with Crippen molar-refractivity contribution in [1.82, 2.24) is 14.5 Å². The van der Waals surface area contributed by atoms with Crippen LogP contribution in [0.3, 0.4) is 0 Å². The van der Waals surface area contributed by atoms with E-state index in [9.17, 15) is 9.59 Å². The van der Waals surface area contributed by atoms with Crippen LogP contribution in [0.5, 0.6) is 5.75 Å². The summed E-state index contributed by atoms with van der Waals surface area (Å²) >= 11 is 0. The Bertz CT molecular complexity index is 992. The molecule has 0 bridgehead atoms. The van der Waals surface area contributed by atoms with Crippen LogP contribution in [0.2, 0.25) is 0 Å². The molecule has 0 aromatic heterocycles. The van der Waals surface area contributed by atoms with Crippen molar-refractivity contribution in [2.24, 2.45) is 0 Å². The number of aromatic amines is 1. The van der Waals surface area contributed by atoms with Gasteiger partial charge in [0, 0.05) is 24.7 Å². The minimum Gasteiger partial charge on any atom is -0.497 e. The minimum atomic E-state index is -0.495. The van der Waals surface area contributed by atoms with Gasteiger partial charge in [-0.2, -0.15) is 0 Å². The van der Waals surface area contributed by atoms with Crippen LogP contribution in [0.15, 0.2) is 39.9 Å². The third-order valence-electron chi connectivity index (χ3n) is 4.87. The second kappa shape index (κ2) is 9.06. The van der Waals surface area contributed by atoms with Crippen LogP contribution in [0.25, 0.3) is 22.4 Å². The highest BCUT2D eigenvalue weighted by molar-refractivity contribution is 5.85. The molecule has 1 heterocycles. The van der Waals surface area contributed by atoms with Crippen molar-refractivity contribution in [2.45, 2.75) is 26.8 Å². The Kier molecular flexibility index (Phi) is 7.05. The first kappa shape index (κ1) is 21.0. The fraction of sp³-hybridized carbons (Fsp3) is 0.400. The summed E-state index contributed by atoms with van der Waals surface area (Å²) in [6.07, 6.45) is 0.958. The number of aromatic nitrogens is 2. The predicted octanol–water partition coefficient (Wildman–Crippen LogP) is 2.96. The average molecular weight is 392 g/mol. The van der Waals surface area contributed by atoms with E-state index in [1.807, 2.05) is 18.2 Å². The van der Waals surface area contributed by atoms with Crippen LogP contribution < -0.4 is 15.6 Å². The van der Waals surface area contributed by atoms with Crippen LogP contribution in [0.4, 0.5) is 0 Å². The number of fused-ring (bicyclic) bond motifs is 2. The van der Waals surface area contributed by atoms with Gasteiger partial charge in [-0.25, -0.2) is 0 Å². The molecule has 0 saturated carbocycles. The normalized spacial score (nSPS) is 11.1. The van der Waals surface area contributed by atoms with Crippen LogP contribution in [0.1, 0.15) is 20.3 Å². The van der Waals surface area contributed by atoms with Gasteiger partial charge in [0.1, 0.15) is 5.75 Å². The van der Waals surface area contributed by atoms with Gasteiger partial charge in [0.15, 0.2) is 0 Å². The van der Waals surface area contributed by atoms with Gasteiger partial charge < -0.3 is 19.2 Å². The summed E-state index contributed by atoms with van der Waals surface area (Å²) in [7, 11) is 1.62. The monoisotopic (exact) mass is 391 g/mol. The van der Waals surface area contributed by atoms with Crippen LogP contribution in [-0.4, -0.2) is 41.2 Å². The van der Waals surface area contributed by atoms with Crippen molar-refractivity contribution < 1.29 is 4.74 Å². The van der Waals surface area contributed by atoms with E-state index in [2.05, 4.69) is 28.3 Å². The number of aryl methyl sites for hydroxylation is 1. The summed E-state index contributed by atoms with van der Waals surface area (Å²) in [5.74, 6) is 0.741. The summed E-state index contributed by atoms with van der Waals surface area (Å²) < 4.78 is 7.43. The van der Waals surface area contributed by atoms with Crippen LogP contribution in [-0.2, 0) is 6.54 Å². The first-order chi connectivity index (χ1) is 12.6.